The zero-order valence-corrected chi connectivity index (χ0v) is 19.1. The first kappa shape index (κ1) is 21.5. The van der Waals surface area contributed by atoms with E-state index in [1.807, 2.05) is 0 Å². The van der Waals surface area contributed by atoms with Crippen LogP contribution < -0.4 is 5.73 Å². The number of hydrogen-bond acceptors (Lipinski definition) is 6. The minimum absolute atomic E-state index is 0.189. The van der Waals surface area contributed by atoms with Gasteiger partial charge in [-0.1, -0.05) is 5.92 Å². The van der Waals surface area contributed by atoms with Crippen molar-refractivity contribution in [3.05, 3.63) is 52.5 Å². The molecule has 4 rings (SSSR count). The third kappa shape index (κ3) is 3.95. The second-order valence-corrected chi connectivity index (χ2v) is 8.29. The molecule has 0 saturated carbocycles. The van der Waals surface area contributed by atoms with Gasteiger partial charge in [-0.3, -0.25) is 4.79 Å². The van der Waals surface area contributed by atoms with Crippen LogP contribution in [0.15, 0.2) is 24.5 Å². The predicted octanol–water partition coefficient (Wildman–Crippen LogP) is 2.28. The second-order valence-electron chi connectivity index (χ2n) is 8.29. The summed E-state index contributed by atoms with van der Waals surface area (Å²) in [5.41, 5.74) is 12.6. The Morgan fingerprint density at radius 2 is 2.06 bits per heavy atom. The Balaban J connectivity index is 1.80. The number of nitrogens with zero attached hydrogens (tertiary/aromatic N) is 6. The van der Waals surface area contributed by atoms with E-state index in [0.717, 1.165) is 25.1 Å². The Hall–Kier alpha value is -3.70. The van der Waals surface area contributed by atoms with Crippen molar-refractivity contribution in [2.45, 2.75) is 26.8 Å². The number of aryl methyl sites for hydroxylation is 1. The standard InChI is InChI=1S/C24H27N7O/c1-6-7-20-19(24(32)29(3)4)14-31(28-20)23-22(25)26-12-21(27-23)16-10-15(2)18-8-9-30(5)13-17(18)11-16/h10-12,14H,8-9,13H2,1-5H3,(H2,25,26). The fourth-order valence-electron chi connectivity index (χ4n) is 4.00. The Morgan fingerprint density at radius 1 is 1.28 bits per heavy atom. The highest BCUT2D eigenvalue weighted by Crippen LogP contribution is 2.29. The highest BCUT2D eigenvalue weighted by molar-refractivity contribution is 5.95. The summed E-state index contributed by atoms with van der Waals surface area (Å²) in [7, 11) is 5.51. The summed E-state index contributed by atoms with van der Waals surface area (Å²) in [6.45, 7) is 5.82. The maximum Gasteiger partial charge on any atom is 0.257 e. The molecule has 0 spiro atoms. The van der Waals surface area contributed by atoms with Gasteiger partial charge in [-0.25, -0.2) is 14.6 Å². The normalized spacial score (nSPS) is 13.3. The SMILES string of the molecule is CC#Cc1nn(-c2nc(-c3cc(C)c4c(c3)CN(C)CC4)cnc2N)cc1C(=O)N(C)C. The molecule has 32 heavy (non-hydrogen) atoms. The van der Waals surface area contributed by atoms with Crippen LogP contribution in [0.2, 0.25) is 0 Å². The molecule has 1 aliphatic heterocycles. The number of nitrogens with two attached hydrogens (primary N) is 1. The number of carbonyl (C=O) groups is 1. The van der Waals surface area contributed by atoms with Crippen LogP contribution in [0.4, 0.5) is 5.82 Å². The molecule has 0 saturated heterocycles. The molecule has 1 amide bonds. The van der Waals surface area contributed by atoms with Crippen molar-refractivity contribution in [2.75, 3.05) is 33.4 Å². The van der Waals surface area contributed by atoms with Crippen molar-refractivity contribution in [1.82, 2.24) is 29.5 Å². The van der Waals surface area contributed by atoms with Gasteiger partial charge in [0.05, 0.1) is 17.5 Å². The fraction of sp³-hybridized carbons (Fsp3) is 0.333. The van der Waals surface area contributed by atoms with Crippen LogP contribution in [0, 0.1) is 18.8 Å². The van der Waals surface area contributed by atoms with E-state index in [4.69, 9.17) is 10.7 Å². The largest absolute Gasteiger partial charge is 0.381 e. The number of amides is 1. The number of benzene rings is 1. The number of hydrogen-bond donors (Lipinski definition) is 1. The van der Waals surface area contributed by atoms with E-state index in [9.17, 15) is 4.79 Å². The van der Waals surface area contributed by atoms with E-state index >= 15 is 0 Å². The molecule has 3 heterocycles. The minimum atomic E-state index is -0.189. The lowest BCUT2D eigenvalue weighted by Crippen LogP contribution is -2.27. The molecule has 8 nitrogen and oxygen atoms in total. The van der Waals surface area contributed by atoms with Gasteiger partial charge in [0.15, 0.2) is 11.6 Å². The fourth-order valence-corrected chi connectivity index (χ4v) is 4.00. The smallest absolute Gasteiger partial charge is 0.257 e. The number of aromatic nitrogens is 4. The highest BCUT2D eigenvalue weighted by atomic mass is 16.2. The lowest BCUT2D eigenvalue weighted by Gasteiger charge is -2.27. The Kier molecular flexibility index (Phi) is 5.68. The van der Waals surface area contributed by atoms with E-state index in [1.54, 1.807) is 33.4 Å². The van der Waals surface area contributed by atoms with Gasteiger partial charge in [-0.2, -0.15) is 5.10 Å². The molecule has 2 N–H and O–H groups in total. The van der Waals surface area contributed by atoms with E-state index in [1.165, 1.54) is 26.3 Å². The average molecular weight is 430 g/mol. The third-order valence-electron chi connectivity index (χ3n) is 5.64. The Labute approximate surface area is 188 Å². The quantitative estimate of drug-likeness (QED) is 0.642. The van der Waals surface area contributed by atoms with Gasteiger partial charge in [-0.05, 0) is 62.1 Å². The predicted molar refractivity (Wildman–Crippen MR) is 124 cm³/mol. The molecule has 0 fully saturated rings. The molecule has 1 aromatic carbocycles. The van der Waals surface area contributed by atoms with Crippen LogP contribution in [0.5, 0.6) is 0 Å². The van der Waals surface area contributed by atoms with E-state index < -0.39 is 0 Å². The first-order valence-corrected chi connectivity index (χ1v) is 10.5. The molecular formula is C24H27N7O. The summed E-state index contributed by atoms with van der Waals surface area (Å²) in [6.07, 6.45) is 4.34. The van der Waals surface area contributed by atoms with E-state index in [0.29, 0.717) is 22.8 Å². The highest BCUT2D eigenvalue weighted by Gasteiger charge is 2.21. The van der Waals surface area contributed by atoms with Crippen LogP contribution in [0.3, 0.4) is 0 Å². The summed E-state index contributed by atoms with van der Waals surface area (Å²) in [5.74, 6) is 6.10. The maximum absolute atomic E-state index is 12.6. The van der Waals surface area contributed by atoms with Gasteiger partial charge in [-0.15, -0.1) is 0 Å². The van der Waals surface area contributed by atoms with Crippen molar-refractivity contribution in [2.24, 2.45) is 0 Å². The molecule has 1 aliphatic rings. The van der Waals surface area contributed by atoms with Crippen molar-refractivity contribution in [3.8, 4) is 28.9 Å². The van der Waals surface area contributed by atoms with E-state index in [-0.39, 0.29) is 11.7 Å². The number of anilines is 1. The number of nitrogen functional groups attached to an aromatic ring is 1. The average Bonchev–Trinajstić information content (AvgIpc) is 3.16. The topological polar surface area (TPSA) is 93.2 Å². The van der Waals surface area contributed by atoms with Gasteiger partial charge in [0.2, 0.25) is 0 Å². The summed E-state index contributed by atoms with van der Waals surface area (Å²) in [6, 6.07) is 4.33. The summed E-state index contributed by atoms with van der Waals surface area (Å²) < 4.78 is 1.49. The monoisotopic (exact) mass is 429 g/mol. The number of fused-ring (bicyclic) bond motifs is 1. The van der Waals surface area contributed by atoms with E-state index in [2.05, 4.69) is 52.9 Å². The Bertz CT molecular complexity index is 1260. The number of carbonyl (C=O) groups excluding carboxylic acids is 1. The molecule has 0 aliphatic carbocycles. The summed E-state index contributed by atoms with van der Waals surface area (Å²) >= 11 is 0. The van der Waals surface area contributed by atoms with Crippen LogP contribution >= 0.6 is 0 Å². The molecular weight excluding hydrogens is 402 g/mol. The number of rotatable bonds is 3. The van der Waals surface area contributed by atoms with Crippen LogP contribution in [-0.2, 0) is 13.0 Å². The van der Waals surface area contributed by atoms with Gasteiger partial charge in [0.25, 0.3) is 5.91 Å². The molecule has 0 unspecified atom stereocenters. The van der Waals surface area contributed by atoms with Gasteiger partial charge < -0.3 is 15.5 Å². The molecule has 0 atom stereocenters. The van der Waals surface area contributed by atoms with Gasteiger partial charge in [0, 0.05) is 38.9 Å². The molecule has 8 heteroatoms. The first-order valence-electron chi connectivity index (χ1n) is 10.5. The van der Waals surface area contributed by atoms with Crippen molar-refractivity contribution >= 4 is 11.7 Å². The molecule has 164 valence electrons. The molecule has 0 radical (unpaired) electrons. The molecule has 0 bridgehead atoms. The van der Waals surface area contributed by atoms with Crippen molar-refractivity contribution in [3.63, 3.8) is 0 Å². The van der Waals surface area contributed by atoms with Crippen LogP contribution in [0.1, 0.15) is 39.7 Å². The minimum Gasteiger partial charge on any atom is -0.381 e. The molecule has 2 aromatic heterocycles. The first-order chi connectivity index (χ1) is 15.3. The summed E-state index contributed by atoms with van der Waals surface area (Å²) in [5, 5.41) is 4.47. The summed E-state index contributed by atoms with van der Waals surface area (Å²) in [4.78, 5) is 25.5. The Morgan fingerprint density at radius 3 is 2.78 bits per heavy atom. The van der Waals surface area contributed by atoms with Crippen molar-refractivity contribution in [1.29, 1.82) is 0 Å². The second kappa shape index (κ2) is 8.44. The van der Waals surface area contributed by atoms with Crippen molar-refractivity contribution < 1.29 is 4.79 Å². The number of likely N-dealkylation sites (N-methyl/N-ethyl adjacent to an activating group) is 1. The maximum atomic E-state index is 12.6. The lowest BCUT2D eigenvalue weighted by atomic mass is 9.92. The lowest BCUT2D eigenvalue weighted by molar-refractivity contribution is 0.0827. The van der Waals surface area contributed by atoms with Crippen LogP contribution in [-0.4, -0.2) is 63.1 Å². The zero-order chi connectivity index (χ0) is 23.0. The van der Waals surface area contributed by atoms with Gasteiger partial charge in [0.1, 0.15) is 5.69 Å². The third-order valence-corrected chi connectivity index (χ3v) is 5.64. The van der Waals surface area contributed by atoms with Crippen LogP contribution in [0.25, 0.3) is 17.1 Å². The zero-order valence-electron chi connectivity index (χ0n) is 19.1. The molecule has 3 aromatic rings. The van der Waals surface area contributed by atoms with Gasteiger partial charge >= 0.3 is 0 Å².